The molecule has 0 saturated heterocycles. The molecule has 0 aliphatic heterocycles. The molecule has 0 spiro atoms. The highest BCUT2D eigenvalue weighted by Crippen LogP contribution is 1.60. The quantitative estimate of drug-likeness (QED) is 0.122. The third kappa shape index (κ3) is 398. The van der Waals surface area contributed by atoms with Gasteiger partial charge in [0.25, 0.3) is 0 Å². The summed E-state index contributed by atoms with van der Waals surface area (Å²) in [6.07, 6.45) is 0. The number of hydrogen-bond donors (Lipinski definition) is 8. The molecular weight excluding hydrogens is 246 g/mol. The third-order valence-electron chi connectivity index (χ3n) is 0.239. The number of nitrogens with zero attached hydrogens (tertiary/aromatic N) is 1. The second-order valence-electron chi connectivity index (χ2n) is 1.78. The van der Waals surface area contributed by atoms with E-state index in [1.165, 1.54) is 0 Å². The number of carbonyl (C=O) groups is 1. The number of primary amides is 1. The molecule has 0 aliphatic rings. The average molecular weight is 259 g/mol. The van der Waals surface area contributed by atoms with Gasteiger partial charge in [-0.3, -0.25) is 14.5 Å². The van der Waals surface area contributed by atoms with Gasteiger partial charge in [-0.2, -0.15) is 13.4 Å². The minimum atomic E-state index is -4.67. The number of nitrogens with one attached hydrogen (secondary N) is 1. The molecule has 16 heavy (non-hydrogen) atoms. The Labute approximate surface area is 90.6 Å². The smallest absolute Gasteiger partial charge is 0.370 e. The molecule has 0 rings (SSSR count). The van der Waals surface area contributed by atoms with Crippen molar-refractivity contribution in [2.24, 2.45) is 33.7 Å². The molecule has 0 atom stereocenters. The predicted molar refractivity (Wildman–Crippen MR) is 55.7 cm³/mol. The van der Waals surface area contributed by atoms with Crippen LogP contribution in [0.25, 0.3) is 0 Å². The predicted octanol–water partition coefficient (Wildman–Crippen LogP) is -3.48. The van der Waals surface area contributed by atoms with Crippen LogP contribution in [-0.2, 0) is 10.4 Å². The minimum absolute atomic E-state index is 0.312. The highest BCUT2D eigenvalue weighted by atomic mass is 32.3. The Bertz CT molecular complexity index is 331. The van der Waals surface area contributed by atoms with Crippen LogP contribution in [0.3, 0.4) is 0 Å². The Morgan fingerprint density at radius 3 is 1.25 bits per heavy atom. The Morgan fingerprint density at radius 2 is 1.25 bits per heavy atom. The normalized spacial score (nSPS) is 8.38. The van der Waals surface area contributed by atoms with Crippen LogP contribution in [0.5, 0.6) is 0 Å². The summed E-state index contributed by atoms with van der Waals surface area (Å²) in [4.78, 5) is 12.6. The number of urea groups is 1. The van der Waals surface area contributed by atoms with Crippen LogP contribution >= 0.6 is 0 Å². The molecule has 0 fully saturated rings. The van der Waals surface area contributed by atoms with Crippen LogP contribution in [-0.4, -0.2) is 35.5 Å². The summed E-state index contributed by atoms with van der Waals surface area (Å²) in [5.41, 5.74) is 22.9. The molecular formula is C3H13N7O5S. The number of carbonyl (C=O) groups excluding carboxylic acids is 1. The van der Waals surface area contributed by atoms with Crippen molar-refractivity contribution in [3.63, 3.8) is 0 Å². The molecule has 0 aromatic heterocycles. The van der Waals surface area contributed by atoms with E-state index in [1.807, 2.05) is 0 Å². The molecule has 0 saturated carbocycles. The van der Waals surface area contributed by atoms with Gasteiger partial charge in [-0.25, -0.2) is 4.79 Å². The lowest BCUT2D eigenvalue weighted by Crippen LogP contribution is -2.25. The Hall–Kier alpha value is -2.12. The number of nitrogens with two attached hydrogens (primary N) is 5. The number of hydrogen-bond acceptors (Lipinski definition) is 4. The van der Waals surface area contributed by atoms with E-state index in [9.17, 15) is 4.79 Å². The van der Waals surface area contributed by atoms with Crippen molar-refractivity contribution in [3.8, 4) is 0 Å². The maximum Gasteiger partial charge on any atom is 0.394 e. The molecule has 0 radical (unpaired) electrons. The van der Waals surface area contributed by atoms with Gasteiger partial charge in [0.1, 0.15) is 0 Å². The van der Waals surface area contributed by atoms with Gasteiger partial charge in [0.15, 0.2) is 11.9 Å². The van der Waals surface area contributed by atoms with Gasteiger partial charge in [-0.15, -0.1) is 0 Å². The van der Waals surface area contributed by atoms with Crippen molar-refractivity contribution in [1.29, 1.82) is 5.41 Å². The zero-order valence-corrected chi connectivity index (χ0v) is 8.68. The van der Waals surface area contributed by atoms with E-state index < -0.39 is 16.4 Å². The van der Waals surface area contributed by atoms with Crippen LogP contribution in [0, 0.1) is 5.41 Å². The second-order valence-corrected chi connectivity index (χ2v) is 2.67. The molecule has 2 amide bonds. The summed E-state index contributed by atoms with van der Waals surface area (Å²) in [7, 11) is -4.67. The highest BCUT2D eigenvalue weighted by Gasteiger charge is 1.84. The topological polar surface area (TPSA) is 258 Å². The molecule has 96 valence electrons. The number of aliphatic imine (C=N–C) groups is 1. The largest absolute Gasteiger partial charge is 0.394 e. The van der Waals surface area contributed by atoms with Gasteiger partial charge in [-0.05, 0) is 0 Å². The van der Waals surface area contributed by atoms with Gasteiger partial charge in [-0.1, -0.05) is 0 Å². The summed E-state index contributed by atoms with van der Waals surface area (Å²) in [6.45, 7) is 0. The molecule has 0 unspecified atom stereocenters. The lowest BCUT2D eigenvalue weighted by atomic mass is 11.0. The molecule has 0 aromatic carbocycles. The van der Waals surface area contributed by atoms with Gasteiger partial charge >= 0.3 is 16.4 Å². The fraction of sp³-hybridized carbons (Fsp3) is 0. The van der Waals surface area contributed by atoms with E-state index in [0.29, 0.717) is 0 Å². The van der Waals surface area contributed by atoms with E-state index in [2.05, 4.69) is 22.2 Å². The monoisotopic (exact) mass is 259 g/mol. The fourth-order valence-corrected chi connectivity index (χ4v) is 0.127. The summed E-state index contributed by atoms with van der Waals surface area (Å²) in [5.74, 6) is -0.646. The van der Waals surface area contributed by atoms with E-state index >= 15 is 0 Å². The fourth-order valence-electron chi connectivity index (χ4n) is 0.127. The second kappa shape index (κ2) is 9.44. The van der Waals surface area contributed by atoms with Crippen LogP contribution in [0.15, 0.2) is 4.99 Å². The van der Waals surface area contributed by atoms with Crippen molar-refractivity contribution in [2.45, 2.75) is 0 Å². The first-order chi connectivity index (χ1) is 6.86. The minimum Gasteiger partial charge on any atom is -0.370 e. The van der Waals surface area contributed by atoms with Gasteiger partial charge < -0.3 is 28.7 Å². The summed E-state index contributed by atoms with van der Waals surface area (Å²) < 4.78 is 31.6. The van der Waals surface area contributed by atoms with Crippen LogP contribution in [0.1, 0.15) is 0 Å². The SMILES string of the molecule is N=C(N)N.NC(=O)N=C(N)N.O=S(=O)(O)O. The molecule has 13 heteroatoms. The van der Waals surface area contributed by atoms with Crippen molar-refractivity contribution in [1.82, 2.24) is 0 Å². The number of rotatable bonds is 0. The van der Waals surface area contributed by atoms with Crippen molar-refractivity contribution >= 4 is 28.3 Å². The lowest BCUT2D eigenvalue weighted by molar-refractivity contribution is 0.256. The van der Waals surface area contributed by atoms with Crippen LogP contribution < -0.4 is 28.7 Å². The van der Waals surface area contributed by atoms with Gasteiger partial charge in [0.2, 0.25) is 0 Å². The maximum absolute atomic E-state index is 9.68. The van der Waals surface area contributed by atoms with E-state index in [4.69, 9.17) is 34.4 Å². The van der Waals surface area contributed by atoms with Gasteiger partial charge in [0.05, 0.1) is 0 Å². The Morgan fingerprint density at radius 1 is 1.06 bits per heavy atom. The maximum atomic E-state index is 9.68. The van der Waals surface area contributed by atoms with Gasteiger partial charge in [0, 0.05) is 0 Å². The molecule has 0 bridgehead atoms. The summed E-state index contributed by atoms with van der Waals surface area (Å²) >= 11 is 0. The average Bonchev–Trinajstić information content (AvgIpc) is 1.74. The van der Waals surface area contributed by atoms with E-state index in [0.717, 1.165) is 0 Å². The molecule has 13 N–H and O–H groups in total. The first-order valence-corrected chi connectivity index (χ1v) is 4.44. The van der Waals surface area contributed by atoms with E-state index in [1.54, 1.807) is 0 Å². The van der Waals surface area contributed by atoms with E-state index in [-0.39, 0.29) is 11.9 Å². The zero-order chi connectivity index (χ0) is 13.9. The van der Waals surface area contributed by atoms with Crippen molar-refractivity contribution in [2.75, 3.05) is 0 Å². The first-order valence-electron chi connectivity index (χ1n) is 3.04. The number of amides is 2. The third-order valence-corrected chi connectivity index (χ3v) is 0.239. The Balaban J connectivity index is -0.000000166. The highest BCUT2D eigenvalue weighted by molar-refractivity contribution is 7.79. The lowest BCUT2D eigenvalue weighted by Gasteiger charge is -1.82. The molecule has 0 heterocycles. The van der Waals surface area contributed by atoms with Crippen LogP contribution in [0.2, 0.25) is 0 Å². The Kier molecular flexibility index (Phi) is 11.5. The van der Waals surface area contributed by atoms with Crippen molar-refractivity contribution < 1.29 is 22.3 Å². The summed E-state index contributed by atoms with van der Waals surface area (Å²) in [6, 6.07) is -0.875. The molecule has 0 aliphatic carbocycles. The summed E-state index contributed by atoms with van der Waals surface area (Å²) in [5, 5.41) is 6.06. The molecule has 0 aromatic rings. The van der Waals surface area contributed by atoms with Crippen LogP contribution in [0.4, 0.5) is 4.79 Å². The first kappa shape index (κ1) is 19.5. The zero-order valence-electron chi connectivity index (χ0n) is 7.86. The standard InChI is InChI=1S/C2H6N4O.CH5N3.H2O4S/c3-1(4)6-2(5)7;2-1(3)4;1-5(2,3)4/h(H6,3,4,5,6,7);(H5,2,3,4);(H2,1,2,3,4). The molecule has 12 nitrogen and oxygen atoms in total. The number of guanidine groups is 2. The van der Waals surface area contributed by atoms with Crippen molar-refractivity contribution in [3.05, 3.63) is 0 Å².